The zero-order valence-corrected chi connectivity index (χ0v) is 15.8. The van der Waals surface area contributed by atoms with Gasteiger partial charge in [0.05, 0.1) is 12.2 Å². The third-order valence-corrected chi connectivity index (χ3v) is 4.72. The predicted octanol–water partition coefficient (Wildman–Crippen LogP) is 5.44. The lowest BCUT2D eigenvalue weighted by atomic mass is 10.1. The van der Waals surface area contributed by atoms with E-state index in [4.69, 9.17) is 4.74 Å². The zero-order valence-electron chi connectivity index (χ0n) is 13.4. The van der Waals surface area contributed by atoms with Gasteiger partial charge in [0.1, 0.15) is 5.01 Å². The second-order valence-corrected chi connectivity index (χ2v) is 7.74. The van der Waals surface area contributed by atoms with E-state index in [9.17, 15) is 13.6 Å². The van der Waals surface area contributed by atoms with E-state index in [-0.39, 0.29) is 30.9 Å². The zero-order chi connectivity index (χ0) is 17.7. The normalized spacial score (nSPS) is 11.8. The van der Waals surface area contributed by atoms with E-state index in [0.717, 1.165) is 5.56 Å². The summed E-state index contributed by atoms with van der Waals surface area (Å²) in [6.45, 7) is 3.88. The summed E-state index contributed by atoms with van der Waals surface area (Å²) < 4.78 is 31.3. The highest BCUT2D eigenvalue weighted by Crippen LogP contribution is 2.34. The van der Waals surface area contributed by atoms with Crippen LogP contribution in [0.4, 0.5) is 8.78 Å². The van der Waals surface area contributed by atoms with E-state index in [1.165, 1.54) is 11.3 Å². The topological polar surface area (TPSA) is 39.2 Å². The van der Waals surface area contributed by atoms with Crippen LogP contribution in [0.2, 0.25) is 0 Å². The molecular weight excluding hydrogens is 400 g/mol. The molecule has 0 spiro atoms. The third-order valence-electron chi connectivity index (χ3n) is 3.28. The van der Waals surface area contributed by atoms with Crippen molar-refractivity contribution in [2.24, 2.45) is 0 Å². The molecule has 0 aliphatic rings. The molecule has 130 valence electrons. The summed E-state index contributed by atoms with van der Waals surface area (Å²) in [4.78, 5) is 13.6. The van der Waals surface area contributed by atoms with E-state index in [0.29, 0.717) is 15.6 Å². The van der Waals surface area contributed by atoms with Crippen molar-refractivity contribution >= 4 is 27.3 Å². The van der Waals surface area contributed by atoms with Crippen LogP contribution in [0.1, 0.15) is 38.2 Å². The number of nitrogens with zero attached hydrogens (tertiary/aromatic N) is 1. The molecule has 0 aliphatic heterocycles. The number of hydrogen-bond acceptors (Lipinski definition) is 4. The van der Waals surface area contributed by atoms with Gasteiger partial charge in [0.2, 0.25) is 0 Å². The SMILES string of the molecule is CC(C)c1c(OCCCC(F)(F)Br)sc(-c2ccccc2)nc1=O. The summed E-state index contributed by atoms with van der Waals surface area (Å²) in [6.07, 6.45) is -0.144. The molecule has 24 heavy (non-hydrogen) atoms. The Hall–Kier alpha value is -1.34. The number of aromatic nitrogens is 1. The molecule has 0 N–H and O–H groups in total. The number of benzene rings is 1. The van der Waals surface area contributed by atoms with E-state index in [1.807, 2.05) is 44.2 Å². The maximum Gasteiger partial charge on any atom is 0.301 e. The smallest absolute Gasteiger partial charge is 0.301 e. The van der Waals surface area contributed by atoms with Crippen LogP contribution < -0.4 is 10.3 Å². The molecule has 0 unspecified atom stereocenters. The minimum Gasteiger partial charge on any atom is -0.483 e. The Labute approximate surface area is 151 Å². The minimum atomic E-state index is -2.89. The van der Waals surface area contributed by atoms with Crippen molar-refractivity contribution in [1.29, 1.82) is 0 Å². The summed E-state index contributed by atoms with van der Waals surface area (Å²) in [5.74, 6) is -0.0568. The Morgan fingerprint density at radius 1 is 1.29 bits per heavy atom. The lowest BCUT2D eigenvalue weighted by Gasteiger charge is -2.14. The highest BCUT2D eigenvalue weighted by molar-refractivity contribution is 9.09. The van der Waals surface area contributed by atoms with Gasteiger partial charge in [-0.05, 0) is 28.3 Å². The molecule has 0 saturated heterocycles. The van der Waals surface area contributed by atoms with E-state index < -0.39 is 4.83 Å². The van der Waals surface area contributed by atoms with Gasteiger partial charge in [0.15, 0.2) is 5.06 Å². The second-order valence-electron chi connectivity index (χ2n) is 5.61. The average Bonchev–Trinajstić information content (AvgIpc) is 2.50. The molecule has 0 amide bonds. The summed E-state index contributed by atoms with van der Waals surface area (Å²) in [5, 5.41) is 1.02. The van der Waals surface area contributed by atoms with Crippen LogP contribution in [0, 0.1) is 0 Å². The van der Waals surface area contributed by atoms with Gasteiger partial charge in [-0.25, -0.2) is 0 Å². The van der Waals surface area contributed by atoms with Gasteiger partial charge in [-0.3, -0.25) is 4.79 Å². The molecule has 0 radical (unpaired) electrons. The Morgan fingerprint density at radius 3 is 2.54 bits per heavy atom. The molecular formula is C17H18BrF2NO2S. The maximum atomic E-state index is 12.8. The molecule has 0 aliphatic carbocycles. The molecule has 1 heterocycles. The maximum absolute atomic E-state index is 12.8. The predicted molar refractivity (Wildman–Crippen MR) is 96.5 cm³/mol. The largest absolute Gasteiger partial charge is 0.483 e. The Kier molecular flexibility index (Phi) is 6.46. The van der Waals surface area contributed by atoms with Crippen molar-refractivity contribution in [2.75, 3.05) is 6.61 Å². The molecule has 0 bridgehead atoms. The van der Waals surface area contributed by atoms with Crippen LogP contribution in [0.15, 0.2) is 35.1 Å². The van der Waals surface area contributed by atoms with Crippen LogP contribution in [0.5, 0.6) is 5.06 Å². The monoisotopic (exact) mass is 417 g/mol. The van der Waals surface area contributed by atoms with Crippen molar-refractivity contribution in [2.45, 2.75) is 37.4 Å². The van der Waals surface area contributed by atoms with Crippen LogP contribution in [0.3, 0.4) is 0 Å². The molecule has 1 aromatic heterocycles. The number of halogens is 3. The first-order valence-electron chi connectivity index (χ1n) is 7.58. The number of hydrogen-bond donors (Lipinski definition) is 0. The summed E-state index contributed by atoms with van der Waals surface area (Å²) in [6, 6.07) is 9.34. The molecule has 3 nitrogen and oxygen atoms in total. The summed E-state index contributed by atoms with van der Waals surface area (Å²) in [7, 11) is 0. The number of rotatable bonds is 7. The first kappa shape index (κ1) is 19.0. The fourth-order valence-corrected chi connectivity index (χ4v) is 3.55. The Balaban J connectivity index is 2.26. The Morgan fingerprint density at radius 2 is 1.96 bits per heavy atom. The van der Waals surface area contributed by atoms with E-state index in [1.54, 1.807) is 0 Å². The van der Waals surface area contributed by atoms with Gasteiger partial charge >= 0.3 is 4.83 Å². The molecule has 2 aromatic rings. The third kappa shape index (κ3) is 5.34. The highest BCUT2D eigenvalue weighted by atomic mass is 79.9. The van der Waals surface area contributed by atoms with Gasteiger partial charge < -0.3 is 4.74 Å². The van der Waals surface area contributed by atoms with Crippen molar-refractivity contribution in [3.63, 3.8) is 0 Å². The molecule has 0 atom stereocenters. The average molecular weight is 418 g/mol. The van der Waals surface area contributed by atoms with Crippen LogP contribution in [-0.4, -0.2) is 16.4 Å². The second kappa shape index (κ2) is 8.16. The lowest BCUT2D eigenvalue weighted by Crippen LogP contribution is -2.16. The van der Waals surface area contributed by atoms with Gasteiger partial charge in [-0.1, -0.05) is 55.5 Å². The molecule has 0 saturated carbocycles. The first-order chi connectivity index (χ1) is 11.3. The van der Waals surface area contributed by atoms with Crippen molar-refractivity contribution in [3.05, 3.63) is 46.2 Å². The molecule has 0 fully saturated rings. The summed E-state index contributed by atoms with van der Waals surface area (Å²) >= 11 is 3.58. The van der Waals surface area contributed by atoms with Crippen LogP contribution in [-0.2, 0) is 0 Å². The van der Waals surface area contributed by atoms with Gasteiger partial charge in [-0.2, -0.15) is 13.8 Å². The fraction of sp³-hybridized carbons (Fsp3) is 0.412. The van der Waals surface area contributed by atoms with E-state index >= 15 is 0 Å². The molecule has 2 rings (SSSR count). The minimum absolute atomic E-state index is 0.0568. The number of alkyl halides is 3. The lowest BCUT2D eigenvalue weighted by molar-refractivity contribution is 0.0956. The quantitative estimate of drug-likeness (QED) is 0.444. The molecule has 7 heteroatoms. The van der Waals surface area contributed by atoms with Crippen molar-refractivity contribution < 1.29 is 13.5 Å². The van der Waals surface area contributed by atoms with Crippen molar-refractivity contribution in [1.82, 2.24) is 4.98 Å². The Bertz CT molecular complexity index is 730. The standard InChI is InChI=1S/C17H18BrF2NO2S/c1-11(2)13-14(22)21-15(12-7-4-3-5-8-12)24-16(13)23-10-6-9-17(18,19)20/h3-5,7-8,11H,6,9-10H2,1-2H3. The number of ether oxygens (including phenoxy) is 1. The van der Waals surface area contributed by atoms with Gasteiger partial charge in [0.25, 0.3) is 5.56 Å². The highest BCUT2D eigenvalue weighted by Gasteiger charge is 2.23. The van der Waals surface area contributed by atoms with Crippen LogP contribution >= 0.6 is 27.3 Å². The summed E-state index contributed by atoms with van der Waals surface area (Å²) in [5.41, 5.74) is 0.987. The fourth-order valence-electron chi connectivity index (χ4n) is 2.14. The van der Waals surface area contributed by atoms with Gasteiger partial charge in [-0.15, -0.1) is 0 Å². The van der Waals surface area contributed by atoms with Crippen molar-refractivity contribution in [3.8, 4) is 15.6 Å². The first-order valence-corrected chi connectivity index (χ1v) is 9.19. The molecule has 1 aromatic carbocycles. The van der Waals surface area contributed by atoms with E-state index in [2.05, 4.69) is 20.9 Å². The van der Waals surface area contributed by atoms with Crippen LogP contribution in [0.25, 0.3) is 10.6 Å². The van der Waals surface area contributed by atoms with Gasteiger partial charge in [0, 0.05) is 12.0 Å².